The Morgan fingerprint density at radius 2 is 2.04 bits per heavy atom. The predicted molar refractivity (Wildman–Crippen MR) is 87.0 cm³/mol. The first-order chi connectivity index (χ1) is 11.6. The average molecular weight is 329 g/mol. The van der Waals surface area contributed by atoms with E-state index in [9.17, 15) is 4.39 Å². The van der Waals surface area contributed by atoms with Crippen LogP contribution in [0.3, 0.4) is 0 Å². The highest BCUT2D eigenvalue weighted by Crippen LogP contribution is 2.25. The molecule has 1 unspecified atom stereocenters. The van der Waals surface area contributed by atoms with Gasteiger partial charge >= 0.3 is 0 Å². The summed E-state index contributed by atoms with van der Waals surface area (Å²) in [4.78, 5) is 4.26. The number of hydrogen-bond acceptors (Lipinski definition) is 6. The molecule has 0 aliphatic carbocycles. The minimum Gasteiger partial charge on any atom is -0.424 e. The van der Waals surface area contributed by atoms with E-state index >= 15 is 0 Å². The number of hydrogen-bond donors (Lipinski definition) is 0. The summed E-state index contributed by atoms with van der Waals surface area (Å²) in [6, 6.07) is 6.62. The van der Waals surface area contributed by atoms with Crippen LogP contribution in [0.4, 0.5) is 10.1 Å². The molecule has 0 saturated carbocycles. The van der Waals surface area contributed by atoms with Crippen LogP contribution in [-0.2, 0) is 6.42 Å². The summed E-state index contributed by atoms with van der Waals surface area (Å²) in [5.74, 6) is 0.931. The maximum absolute atomic E-state index is 14.1. The molecule has 1 fully saturated rings. The normalized spacial score (nSPS) is 16.8. The average Bonchev–Trinajstić information content (AvgIpc) is 3.10. The fourth-order valence-electron chi connectivity index (χ4n) is 2.92. The van der Waals surface area contributed by atoms with E-state index < -0.39 is 0 Å². The summed E-state index contributed by atoms with van der Waals surface area (Å²) >= 11 is 0. The third kappa shape index (κ3) is 3.24. The van der Waals surface area contributed by atoms with Gasteiger partial charge in [-0.25, -0.2) is 4.39 Å². The molecule has 0 bridgehead atoms. The van der Waals surface area contributed by atoms with Gasteiger partial charge in [0.25, 0.3) is 0 Å². The van der Waals surface area contributed by atoms with Gasteiger partial charge in [-0.2, -0.15) is 5.26 Å². The van der Waals surface area contributed by atoms with Crippen molar-refractivity contribution < 1.29 is 8.81 Å². The molecule has 126 valence electrons. The van der Waals surface area contributed by atoms with Crippen molar-refractivity contribution in [1.29, 1.82) is 5.26 Å². The van der Waals surface area contributed by atoms with Gasteiger partial charge < -0.3 is 9.32 Å². The highest BCUT2D eigenvalue weighted by molar-refractivity contribution is 5.51. The van der Waals surface area contributed by atoms with E-state index in [1.807, 2.05) is 24.8 Å². The van der Waals surface area contributed by atoms with Crippen molar-refractivity contribution in [3.63, 3.8) is 0 Å². The van der Waals surface area contributed by atoms with E-state index in [1.165, 1.54) is 6.07 Å². The first kappa shape index (κ1) is 16.4. The Labute approximate surface area is 140 Å². The second kappa shape index (κ2) is 6.97. The summed E-state index contributed by atoms with van der Waals surface area (Å²) < 4.78 is 19.8. The lowest BCUT2D eigenvalue weighted by molar-refractivity contribution is 0.171. The van der Waals surface area contributed by atoms with Gasteiger partial charge in [0.05, 0.1) is 23.4 Å². The summed E-state index contributed by atoms with van der Waals surface area (Å²) in [6.07, 6.45) is 0.728. The molecule has 1 atom stereocenters. The molecule has 2 heterocycles. The number of nitrogens with zero attached hydrogens (tertiary/aromatic N) is 5. The Hall–Kier alpha value is -2.46. The van der Waals surface area contributed by atoms with Gasteiger partial charge in [0.2, 0.25) is 11.8 Å². The van der Waals surface area contributed by atoms with E-state index in [1.54, 1.807) is 12.1 Å². The lowest BCUT2D eigenvalue weighted by Gasteiger charge is -2.38. The fraction of sp³-hybridized carbons (Fsp3) is 0.471. The Balaban J connectivity index is 1.64. The van der Waals surface area contributed by atoms with Crippen LogP contribution in [0.2, 0.25) is 0 Å². The largest absolute Gasteiger partial charge is 0.424 e. The molecule has 1 aliphatic rings. The molecule has 1 aromatic carbocycles. The second-order valence-electron chi connectivity index (χ2n) is 5.86. The molecule has 0 amide bonds. The highest BCUT2D eigenvalue weighted by Gasteiger charge is 2.26. The van der Waals surface area contributed by atoms with Crippen molar-refractivity contribution in [2.75, 3.05) is 31.1 Å². The SMILES string of the molecule is CCc1nnc(C(C)N2CCN(c3ccc(C#N)cc3F)CC2)o1. The first-order valence-electron chi connectivity index (χ1n) is 8.13. The van der Waals surface area contributed by atoms with Gasteiger partial charge in [-0.05, 0) is 25.1 Å². The van der Waals surface area contributed by atoms with Crippen LogP contribution < -0.4 is 4.90 Å². The van der Waals surface area contributed by atoms with Crippen LogP contribution in [0, 0.1) is 17.1 Å². The van der Waals surface area contributed by atoms with E-state index in [0.717, 1.165) is 19.5 Å². The topological polar surface area (TPSA) is 69.2 Å². The van der Waals surface area contributed by atoms with Crippen molar-refractivity contribution in [2.24, 2.45) is 0 Å². The summed E-state index contributed by atoms with van der Waals surface area (Å²) in [7, 11) is 0. The van der Waals surface area contributed by atoms with Crippen LogP contribution in [0.25, 0.3) is 0 Å². The Morgan fingerprint density at radius 1 is 1.29 bits per heavy atom. The highest BCUT2D eigenvalue weighted by atomic mass is 19.1. The van der Waals surface area contributed by atoms with Gasteiger partial charge in [0.1, 0.15) is 5.82 Å². The monoisotopic (exact) mass is 329 g/mol. The molecule has 1 aromatic heterocycles. The van der Waals surface area contributed by atoms with E-state index in [4.69, 9.17) is 9.68 Å². The zero-order valence-electron chi connectivity index (χ0n) is 13.9. The van der Waals surface area contributed by atoms with Gasteiger partial charge in [0.15, 0.2) is 0 Å². The van der Waals surface area contributed by atoms with Gasteiger partial charge in [-0.15, -0.1) is 10.2 Å². The summed E-state index contributed by atoms with van der Waals surface area (Å²) in [5.41, 5.74) is 0.888. The van der Waals surface area contributed by atoms with E-state index in [0.29, 0.717) is 36.1 Å². The quantitative estimate of drug-likeness (QED) is 0.858. The maximum Gasteiger partial charge on any atom is 0.233 e. The van der Waals surface area contributed by atoms with Crippen molar-refractivity contribution in [3.8, 4) is 6.07 Å². The van der Waals surface area contributed by atoms with Crippen LogP contribution in [-0.4, -0.2) is 41.3 Å². The molecule has 1 saturated heterocycles. The summed E-state index contributed by atoms with van der Waals surface area (Å²) in [6.45, 7) is 7.01. The maximum atomic E-state index is 14.1. The Kier molecular flexibility index (Phi) is 4.76. The fourth-order valence-corrected chi connectivity index (χ4v) is 2.92. The number of anilines is 1. The predicted octanol–water partition coefficient (Wildman–Crippen LogP) is 2.53. The molecule has 0 spiro atoms. The molecule has 1 aliphatic heterocycles. The molecule has 0 radical (unpaired) electrons. The van der Waals surface area contributed by atoms with Crippen LogP contribution in [0.15, 0.2) is 22.6 Å². The number of halogens is 1. The van der Waals surface area contributed by atoms with Crippen LogP contribution in [0.1, 0.15) is 37.2 Å². The van der Waals surface area contributed by atoms with Crippen molar-refractivity contribution in [1.82, 2.24) is 15.1 Å². The van der Waals surface area contributed by atoms with Crippen molar-refractivity contribution >= 4 is 5.69 Å². The van der Waals surface area contributed by atoms with Crippen LogP contribution in [0.5, 0.6) is 0 Å². The number of benzene rings is 1. The standard InChI is InChI=1S/C17H20FN5O/c1-3-16-20-21-17(24-16)12(2)22-6-8-23(9-7-22)15-5-4-13(11-19)10-14(15)18/h4-5,10,12H,3,6-9H2,1-2H3. The minimum atomic E-state index is -0.347. The third-order valence-electron chi connectivity index (χ3n) is 4.42. The van der Waals surface area contributed by atoms with Crippen molar-refractivity contribution in [3.05, 3.63) is 41.4 Å². The number of aryl methyl sites for hydroxylation is 1. The lowest BCUT2D eigenvalue weighted by atomic mass is 10.1. The number of nitriles is 1. The molecule has 0 N–H and O–H groups in total. The number of aromatic nitrogens is 2. The molecular formula is C17H20FN5O. The lowest BCUT2D eigenvalue weighted by Crippen LogP contribution is -2.47. The van der Waals surface area contributed by atoms with E-state index in [2.05, 4.69) is 15.1 Å². The molecule has 3 rings (SSSR count). The third-order valence-corrected chi connectivity index (χ3v) is 4.42. The molecule has 7 heteroatoms. The summed E-state index contributed by atoms with van der Waals surface area (Å²) in [5, 5.41) is 17.0. The minimum absolute atomic E-state index is 0.0470. The van der Waals surface area contributed by atoms with Crippen molar-refractivity contribution in [2.45, 2.75) is 26.3 Å². The zero-order valence-corrected chi connectivity index (χ0v) is 13.9. The molecular weight excluding hydrogens is 309 g/mol. The second-order valence-corrected chi connectivity index (χ2v) is 5.86. The van der Waals surface area contributed by atoms with E-state index in [-0.39, 0.29) is 11.9 Å². The van der Waals surface area contributed by atoms with Gasteiger partial charge in [0, 0.05) is 32.6 Å². The molecule has 2 aromatic rings. The Bertz CT molecular complexity index is 746. The molecule has 6 nitrogen and oxygen atoms in total. The molecule has 24 heavy (non-hydrogen) atoms. The first-order valence-corrected chi connectivity index (χ1v) is 8.13. The van der Waals surface area contributed by atoms with Gasteiger partial charge in [-0.1, -0.05) is 6.92 Å². The number of rotatable bonds is 4. The zero-order chi connectivity index (χ0) is 17.1. The number of piperazine rings is 1. The van der Waals surface area contributed by atoms with Crippen LogP contribution >= 0.6 is 0 Å². The Morgan fingerprint density at radius 3 is 2.62 bits per heavy atom. The smallest absolute Gasteiger partial charge is 0.233 e. The van der Waals surface area contributed by atoms with Gasteiger partial charge in [-0.3, -0.25) is 4.90 Å².